The second kappa shape index (κ2) is 22.0. The zero-order valence-corrected chi connectivity index (χ0v) is 26.7. The topological polar surface area (TPSA) is 123 Å². The minimum absolute atomic E-state index is 0.188. The molecule has 3 rings (SSSR count). The smallest absolute Gasteiger partial charge is 0.410 e. The van der Waals surface area contributed by atoms with E-state index >= 15 is 0 Å². The second-order valence-corrected chi connectivity index (χ2v) is 11.0. The average Bonchev–Trinajstić information content (AvgIpc) is 3.10. The molecule has 3 N–H and O–H groups in total. The summed E-state index contributed by atoms with van der Waals surface area (Å²) in [5, 5.41) is 2.77. The standard InChI is InChI=1S/C36H48N4O6/c37-22-10-12-24-39(35(42)45-29-32-18-6-2-7-19-32)26-14-15-27-40(36(43)46-30-33-20-8-3-9-21-33)25-13-11-23-38-34(41)44-28-31-16-4-1-5-17-31/h1-9,16-21H,10-15,22-30,37H2,(H,38,41). The SMILES string of the molecule is NCCCCN(CCCCN(CCCCNC(=O)OCc1ccccc1)C(=O)OCc1ccccc1)C(=O)OCc1ccccc1. The monoisotopic (exact) mass is 632 g/mol. The van der Waals surface area contributed by atoms with Gasteiger partial charge in [0.25, 0.3) is 0 Å². The number of nitrogens with zero attached hydrogens (tertiary/aromatic N) is 2. The van der Waals surface area contributed by atoms with Crippen LogP contribution >= 0.6 is 0 Å². The molecule has 0 aliphatic rings. The van der Waals surface area contributed by atoms with Crippen molar-refractivity contribution in [2.45, 2.75) is 58.3 Å². The van der Waals surface area contributed by atoms with Crippen molar-refractivity contribution in [3.8, 4) is 0 Å². The zero-order valence-electron chi connectivity index (χ0n) is 26.7. The van der Waals surface area contributed by atoms with E-state index in [1.807, 2.05) is 91.0 Å². The van der Waals surface area contributed by atoms with E-state index in [-0.39, 0.29) is 32.0 Å². The van der Waals surface area contributed by atoms with Crippen molar-refractivity contribution in [1.29, 1.82) is 0 Å². The number of benzene rings is 3. The molecule has 0 aromatic heterocycles. The molecule has 0 aliphatic carbocycles. The van der Waals surface area contributed by atoms with Gasteiger partial charge in [0.2, 0.25) is 0 Å². The van der Waals surface area contributed by atoms with Gasteiger partial charge in [-0.25, -0.2) is 14.4 Å². The molecule has 0 bridgehead atoms. The molecule has 10 heteroatoms. The number of carbonyl (C=O) groups excluding carboxylic acids is 3. The molecular formula is C36H48N4O6. The largest absolute Gasteiger partial charge is 0.445 e. The van der Waals surface area contributed by atoms with E-state index < -0.39 is 6.09 Å². The fourth-order valence-electron chi connectivity index (χ4n) is 4.65. The Kier molecular flexibility index (Phi) is 17.2. The first-order valence-corrected chi connectivity index (χ1v) is 16.1. The summed E-state index contributed by atoms with van der Waals surface area (Å²) in [4.78, 5) is 41.4. The van der Waals surface area contributed by atoms with E-state index in [4.69, 9.17) is 19.9 Å². The predicted molar refractivity (Wildman–Crippen MR) is 178 cm³/mol. The van der Waals surface area contributed by atoms with E-state index in [0.717, 1.165) is 29.5 Å². The number of unbranched alkanes of at least 4 members (excludes halogenated alkanes) is 3. The molecule has 0 heterocycles. The van der Waals surface area contributed by atoms with Crippen LogP contribution in [-0.2, 0) is 34.0 Å². The second-order valence-electron chi connectivity index (χ2n) is 11.0. The fourth-order valence-corrected chi connectivity index (χ4v) is 4.65. The molecule has 248 valence electrons. The van der Waals surface area contributed by atoms with Crippen LogP contribution in [0, 0.1) is 0 Å². The third-order valence-corrected chi connectivity index (χ3v) is 7.25. The number of amides is 3. The fraction of sp³-hybridized carbons (Fsp3) is 0.417. The van der Waals surface area contributed by atoms with Gasteiger partial charge in [0.05, 0.1) is 0 Å². The first-order chi connectivity index (χ1) is 22.5. The molecule has 46 heavy (non-hydrogen) atoms. The van der Waals surface area contributed by atoms with E-state index in [0.29, 0.717) is 65.0 Å². The van der Waals surface area contributed by atoms with Gasteiger partial charge in [0.15, 0.2) is 0 Å². The highest BCUT2D eigenvalue weighted by Gasteiger charge is 2.18. The maximum absolute atomic E-state index is 13.1. The van der Waals surface area contributed by atoms with Gasteiger partial charge in [0.1, 0.15) is 19.8 Å². The van der Waals surface area contributed by atoms with Crippen LogP contribution in [0.5, 0.6) is 0 Å². The van der Waals surface area contributed by atoms with Gasteiger partial charge in [-0.1, -0.05) is 91.0 Å². The first kappa shape index (κ1) is 35.9. The van der Waals surface area contributed by atoms with Crippen molar-refractivity contribution in [3.63, 3.8) is 0 Å². The van der Waals surface area contributed by atoms with Gasteiger partial charge in [-0.15, -0.1) is 0 Å². The summed E-state index contributed by atoms with van der Waals surface area (Å²) in [6.07, 6.45) is 3.13. The van der Waals surface area contributed by atoms with E-state index in [1.165, 1.54) is 0 Å². The number of rotatable bonds is 20. The molecule has 0 unspecified atom stereocenters. The third kappa shape index (κ3) is 14.9. The lowest BCUT2D eigenvalue weighted by Crippen LogP contribution is -2.36. The van der Waals surface area contributed by atoms with Crippen molar-refractivity contribution in [3.05, 3.63) is 108 Å². The van der Waals surface area contributed by atoms with Crippen LogP contribution in [-0.4, -0.2) is 67.3 Å². The highest BCUT2D eigenvalue weighted by atomic mass is 16.6. The van der Waals surface area contributed by atoms with Gasteiger partial charge in [-0.3, -0.25) is 0 Å². The van der Waals surface area contributed by atoms with Crippen LogP contribution in [0.2, 0.25) is 0 Å². The number of nitrogens with one attached hydrogen (secondary N) is 1. The predicted octanol–water partition coefficient (Wildman–Crippen LogP) is 6.49. The van der Waals surface area contributed by atoms with Crippen LogP contribution in [0.4, 0.5) is 14.4 Å². The molecule has 0 fully saturated rings. The van der Waals surface area contributed by atoms with Gasteiger partial charge in [-0.2, -0.15) is 0 Å². The molecule has 3 amide bonds. The molecule has 3 aromatic rings. The summed E-state index contributed by atoms with van der Waals surface area (Å²) >= 11 is 0. The first-order valence-electron chi connectivity index (χ1n) is 16.1. The Bertz CT molecular complexity index is 1260. The van der Waals surface area contributed by atoms with Crippen molar-refractivity contribution < 1.29 is 28.6 Å². The number of hydrogen-bond acceptors (Lipinski definition) is 7. The van der Waals surface area contributed by atoms with Crippen LogP contribution in [0.15, 0.2) is 91.0 Å². The summed E-state index contributed by atoms with van der Waals surface area (Å²) in [6, 6.07) is 28.6. The lowest BCUT2D eigenvalue weighted by Gasteiger charge is -2.24. The van der Waals surface area contributed by atoms with Gasteiger partial charge >= 0.3 is 18.3 Å². The molecule has 0 aliphatic heterocycles. The maximum atomic E-state index is 13.1. The summed E-state index contributed by atoms with van der Waals surface area (Å²) in [5.74, 6) is 0. The highest BCUT2D eigenvalue weighted by Crippen LogP contribution is 2.10. The van der Waals surface area contributed by atoms with Crippen molar-refractivity contribution in [2.75, 3.05) is 39.3 Å². The number of hydrogen-bond donors (Lipinski definition) is 2. The Morgan fingerprint density at radius 1 is 0.522 bits per heavy atom. The quantitative estimate of drug-likeness (QED) is 0.108. The van der Waals surface area contributed by atoms with Crippen LogP contribution in [0.25, 0.3) is 0 Å². The molecule has 10 nitrogen and oxygen atoms in total. The van der Waals surface area contributed by atoms with Crippen molar-refractivity contribution in [1.82, 2.24) is 15.1 Å². The molecule has 0 atom stereocenters. The number of nitrogens with two attached hydrogens (primary N) is 1. The van der Waals surface area contributed by atoms with Crippen LogP contribution in [0.3, 0.4) is 0 Å². The lowest BCUT2D eigenvalue weighted by molar-refractivity contribution is 0.0893. The summed E-state index contributed by atoms with van der Waals surface area (Å²) in [5.41, 5.74) is 8.44. The Labute approximate surface area is 272 Å². The minimum Gasteiger partial charge on any atom is -0.445 e. The number of alkyl carbamates (subject to hydrolysis) is 1. The molecule has 3 aromatic carbocycles. The van der Waals surface area contributed by atoms with Crippen molar-refractivity contribution in [2.24, 2.45) is 5.73 Å². The number of carbonyl (C=O) groups is 3. The Hall–Kier alpha value is -4.57. The Morgan fingerprint density at radius 3 is 1.30 bits per heavy atom. The van der Waals surface area contributed by atoms with Crippen LogP contribution < -0.4 is 11.1 Å². The molecule has 0 saturated heterocycles. The van der Waals surface area contributed by atoms with Gasteiger partial charge < -0.3 is 35.1 Å². The van der Waals surface area contributed by atoms with Gasteiger partial charge in [-0.05, 0) is 61.8 Å². The summed E-state index contributed by atoms with van der Waals surface area (Å²) in [6.45, 7) is 3.66. The number of ether oxygens (including phenoxy) is 3. The summed E-state index contributed by atoms with van der Waals surface area (Å²) < 4.78 is 16.5. The van der Waals surface area contributed by atoms with E-state index in [2.05, 4.69) is 5.32 Å². The van der Waals surface area contributed by atoms with Crippen LogP contribution in [0.1, 0.15) is 55.2 Å². The minimum atomic E-state index is -0.471. The Balaban J connectivity index is 1.44. The van der Waals surface area contributed by atoms with Gasteiger partial charge in [0, 0.05) is 32.7 Å². The lowest BCUT2D eigenvalue weighted by atomic mass is 10.2. The maximum Gasteiger partial charge on any atom is 0.410 e. The van der Waals surface area contributed by atoms with E-state index in [9.17, 15) is 14.4 Å². The third-order valence-electron chi connectivity index (χ3n) is 7.25. The molecule has 0 spiro atoms. The van der Waals surface area contributed by atoms with Crippen molar-refractivity contribution >= 4 is 18.3 Å². The Morgan fingerprint density at radius 2 is 0.891 bits per heavy atom. The normalized spacial score (nSPS) is 10.5. The zero-order chi connectivity index (χ0) is 32.7. The highest BCUT2D eigenvalue weighted by molar-refractivity contribution is 5.68. The summed E-state index contributed by atoms with van der Waals surface area (Å²) in [7, 11) is 0. The average molecular weight is 633 g/mol. The molecule has 0 saturated carbocycles. The molecule has 0 radical (unpaired) electrons. The van der Waals surface area contributed by atoms with E-state index in [1.54, 1.807) is 9.80 Å². The molecular weight excluding hydrogens is 584 g/mol.